The third-order valence-corrected chi connectivity index (χ3v) is 5.79. The van der Waals surface area contributed by atoms with Gasteiger partial charge in [0.25, 0.3) is 10.0 Å². The molecule has 0 spiro atoms. The Hall–Kier alpha value is -2.34. The van der Waals surface area contributed by atoms with Crippen LogP contribution in [0.15, 0.2) is 47.4 Å². The van der Waals surface area contributed by atoms with Gasteiger partial charge < -0.3 is 4.74 Å². The van der Waals surface area contributed by atoms with Gasteiger partial charge in [-0.15, -0.1) is 0 Å². The van der Waals surface area contributed by atoms with Crippen LogP contribution in [-0.2, 0) is 10.0 Å². The largest absolute Gasteiger partial charge is 0.497 e. The number of para-hydroxylation sites is 1. The summed E-state index contributed by atoms with van der Waals surface area (Å²) in [4.78, 5) is 12.3. The number of ether oxygens (including phenoxy) is 1. The second-order valence-electron chi connectivity index (χ2n) is 5.40. The van der Waals surface area contributed by atoms with Gasteiger partial charge in [-0.1, -0.05) is 12.1 Å². The number of carbonyl (C=O) groups excluding carboxylic acids is 1. The molecule has 120 valence electrons. The molecule has 0 aromatic heterocycles. The summed E-state index contributed by atoms with van der Waals surface area (Å²) in [5.74, 6) is 0.569. The molecule has 0 fully saturated rings. The third-order valence-electron chi connectivity index (χ3n) is 3.98. The van der Waals surface area contributed by atoms with Gasteiger partial charge in [-0.25, -0.2) is 8.42 Å². The van der Waals surface area contributed by atoms with Gasteiger partial charge in [0, 0.05) is 18.5 Å². The van der Waals surface area contributed by atoms with Crippen LogP contribution in [0.25, 0.3) is 0 Å². The molecule has 2 aromatic carbocycles. The molecule has 0 saturated heterocycles. The first kappa shape index (κ1) is 15.6. The summed E-state index contributed by atoms with van der Waals surface area (Å²) >= 11 is 0. The molecule has 0 N–H and O–H groups in total. The van der Waals surface area contributed by atoms with E-state index < -0.39 is 10.0 Å². The standard InChI is InChI=1S/C17H17NO4S/c1-12-4-3-5-15-16(19)10-11-18(17(12)15)23(20,21)14-8-6-13(22-2)7-9-14/h3-9H,10-11H2,1-2H3. The number of aryl methyl sites for hydroxylation is 1. The number of hydrogen-bond donors (Lipinski definition) is 0. The van der Waals surface area contributed by atoms with Crippen LogP contribution >= 0.6 is 0 Å². The molecule has 1 aliphatic rings. The fraction of sp³-hybridized carbons (Fsp3) is 0.235. The monoisotopic (exact) mass is 331 g/mol. The minimum absolute atomic E-state index is 0.0233. The summed E-state index contributed by atoms with van der Waals surface area (Å²) in [6.45, 7) is 1.97. The Morgan fingerprint density at radius 3 is 2.43 bits per heavy atom. The quantitative estimate of drug-likeness (QED) is 0.867. The molecular weight excluding hydrogens is 314 g/mol. The number of carbonyl (C=O) groups is 1. The first-order valence-electron chi connectivity index (χ1n) is 7.25. The minimum Gasteiger partial charge on any atom is -0.497 e. The van der Waals surface area contributed by atoms with Crippen molar-refractivity contribution in [1.82, 2.24) is 0 Å². The molecule has 0 atom stereocenters. The van der Waals surface area contributed by atoms with Crippen molar-refractivity contribution >= 4 is 21.5 Å². The summed E-state index contributed by atoms with van der Waals surface area (Å²) in [5, 5.41) is 0. The molecule has 0 bridgehead atoms. The predicted octanol–water partition coefficient (Wildman–Crippen LogP) is 2.79. The van der Waals surface area contributed by atoms with Crippen molar-refractivity contribution in [3.8, 4) is 5.75 Å². The lowest BCUT2D eigenvalue weighted by Crippen LogP contribution is -2.38. The highest BCUT2D eigenvalue weighted by molar-refractivity contribution is 7.92. The average Bonchev–Trinajstić information content (AvgIpc) is 2.56. The van der Waals surface area contributed by atoms with Crippen LogP contribution in [0.2, 0.25) is 0 Å². The number of ketones is 1. The Labute approximate surface area is 135 Å². The van der Waals surface area contributed by atoms with Crippen molar-refractivity contribution in [1.29, 1.82) is 0 Å². The maximum Gasteiger partial charge on any atom is 0.264 e. The second-order valence-corrected chi connectivity index (χ2v) is 7.26. The topological polar surface area (TPSA) is 63.7 Å². The van der Waals surface area contributed by atoms with E-state index >= 15 is 0 Å². The van der Waals surface area contributed by atoms with E-state index in [1.54, 1.807) is 24.3 Å². The fourth-order valence-electron chi connectivity index (χ4n) is 2.78. The first-order chi connectivity index (χ1) is 10.9. The number of Topliss-reactive ketones (excluding diaryl/α,β-unsaturated/α-hetero) is 1. The van der Waals surface area contributed by atoms with Gasteiger partial charge in [-0.3, -0.25) is 9.10 Å². The number of benzene rings is 2. The number of sulfonamides is 1. The SMILES string of the molecule is COc1ccc(S(=O)(=O)N2CCC(=O)c3cccc(C)c32)cc1. The first-order valence-corrected chi connectivity index (χ1v) is 8.69. The third kappa shape index (κ3) is 2.59. The second kappa shape index (κ2) is 5.70. The van der Waals surface area contributed by atoms with Crippen molar-refractivity contribution in [2.45, 2.75) is 18.2 Å². The van der Waals surface area contributed by atoms with Crippen LogP contribution in [0.4, 0.5) is 5.69 Å². The van der Waals surface area contributed by atoms with Crippen molar-refractivity contribution < 1.29 is 17.9 Å². The van der Waals surface area contributed by atoms with Crippen molar-refractivity contribution in [2.24, 2.45) is 0 Å². The van der Waals surface area contributed by atoms with Crippen LogP contribution < -0.4 is 9.04 Å². The summed E-state index contributed by atoms with van der Waals surface area (Å²) in [6.07, 6.45) is 0.186. The predicted molar refractivity (Wildman–Crippen MR) is 87.7 cm³/mol. The van der Waals surface area contributed by atoms with E-state index in [1.165, 1.54) is 23.5 Å². The molecular formula is C17H17NO4S. The van der Waals surface area contributed by atoms with Gasteiger partial charge in [0.2, 0.25) is 0 Å². The van der Waals surface area contributed by atoms with Gasteiger partial charge in [-0.2, -0.15) is 0 Å². The molecule has 0 aliphatic carbocycles. The van der Waals surface area contributed by atoms with Crippen LogP contribution in [0.5, 0.6) is 5.75 Å². The molecule has 1 heterocycles. The van der Waals surface area contributed by atoms with Crippen molar-refractivity contribution in [3.05, 3.63) is 53.6 Å². The Balaban J connectivity index is 2.11. The molecule has 0 unspecified atom stereocenters. The Morgan fingerprint density at radius 1 is 1.09 bits per heavy atom. The highest BCUT2D eigenvalue weighted by Gasteiger charge is 2.33. The van der Waals surface area contributed by atoms with E-state index in [1.807, 2.05) is 13.0 Å². The molecule has 5 nitrogen and oxygen atoms in total. The fourth-order valence-corrected chi connectivity index (χ4v) is 4.33. The van der Waals surface area contributed by atoms with Gasteiger partial charge in [0.15, 0.2) is 5.78 Å². The van der Waals surface area contributed by atoms with E-state index in [2.05, 4.69) is 0 Å². The number of nitrogens with zero attached hydrogens (tertiary/aromatic N) is 1. The maximum absolute atomic E-state index is 13.0. The molecule has 2 aromatic rings. The number of anilines is 1. The molecule has 0 saturated carbocycles. The molecule has 6 heteroatoms. The zero-order valence-corrected chi connectivity index (χ0v) is 13.8. The van der Waals surface area contributed by atoms with Crippen LogP contribution in [0.3, 0.4) is 0 Å². The van der Waals surface area contributed by atoms with E-state index in [0.717, 1.165) is 5.56 Å². The Bertz CT molecular complexity index is 857. The summed E-state index contributed by atoms with van der Waals surface area (Å²) < 4.78 is 32.4. The minimum atomic E-state index is -3.72. The molecule has 23 heavy (non-hydrogen) atoms. The van der Waals surface area contributed by atoms with Gasteiger partial charge in [-0.05, 0) is 42.8 Å². The van der Waals surface area contributed by atoms with E-state index in [9.17, 15) is 13.2 Å². The smallest absolute Gasteiger partial charge is 0.264 e. The van der Waals surface area contributed by atoms with Crippen LogP contribution in [0, 0.1) is 6.92 Å². The van der Waals surface area contributed by atoms with E-state index in [0.29, 0.717) is 17.0 Å². The van der Waals surface area contributed by atoms with E-state index in [-0.39, 0.29) is 23.6 Å². The number of hydrogen-bond acceptors (Lipinski definition) is 4. The lowest BCUT2D eigenvalue weighted by molar-refractivity contribution is 0.0982. The summed E-state index contributed by atoms with van der Waals surface area (Å²) in [6, 6.07) is 11.5. The molecule has 3 rings (SSSR count). The van der Waals surface area contributed by atoms with Gasteiger partial charge >= 0.3 is 0 Å². The maximum atomic E-state index is 13.0. The van der Waals surface area contributed by atoms with Crippen molar-refractivity contribution in [2.75, 3.05) is 18.0 Å². The molecule has 0 radical (unpaired) electrons. The van der Waals surface area contributed by atoms with E-state index in [4.69, 9.17) is 4.74 Å². The summed E-state index contributed by atoms with van der Waals surface area (Å²) in [7, 11) is -2.19. The molecule has 0 amide bonds. The van der Waals surface area contributed by atoms with Gasteiger partial charge in [0.1, 0.15) is 5.75 Å². The Kier molecular flexibility index (Phi) is 3.85. The lowest BCUT2D eigenvalue weighted by atomic mass is 9.99. The van der Waals surface area contributed by atoms with Crippen LogP contribution in [0.1, 0.15) is 22.3 Å². The number of fused-ring (bicyclic) bond motifs is 1. The highest BCUT2D eigenvalue weighted by Crippen LogP contribution is 2.34. The number of rotatable bonds is 3. The zero-order chi connectivity index (χ0) is 16.6. The highest BCUT2D eigenvalue weighted by atomic mass is 32.2. The normalized spacial score (nSPS) is 14.5. The lowest BCUT2D eigenvalue weighted by Gasteiger charge is -2.31. The van der Waals surface area contributed by atoms with Crippen molar-refractivity contribution in [3.63, 3.8) is 0 Å². The van der Waals surface area contributed by atoms with Gasteiger partial charge in [0.05, 0.1) is 17.7 Å². The average molecular weight is 331 g/mol. The Morgan fingerprint density at radius 2 is 1.78 bits per heavy atom. The molecule has 1 aliphatic heterocycles. The zero-order valence-electron chi connectivity index (χ0n) is 12.9. The summed E-state index contributed by atoms with van der Waals surface area (Å²) in [5.41, 5.74) is 1.72. The number of methoxy groups -OCH3 is 1. The van der Waals surface area contributed by atoms with Crippen LogP contribution in [-0.4, -0.2) is 27.9 Å².